The molecule has 0 bridgehead atoms. The maximum atomic E-state index is 14.0. The lowest BCUT2D eigenvalue weighted by atomic mass is 10.1. The number of benzene rings is 2. The van der Waals surface area contributed by atoms with Gasteiger partial charge < -0.3 is 10.5 Å². The molecule has 0 saturated carbocycles. The van der Waals surface area contributed by atoms with Crippen molar-refractivity contribution in [3.8, 4) is 11.5 Å². The van der Waals surface area contributed by atoms with Gasteiger partial charge in [-0.25, -0.2) is 4.39 Å². The Morgan fingerprint density at radius 3 is 2.57 bits per heavy atom. The van der Waals surface area contributed by atoms with Crippen molar-refractivity contribution in [3.63, 3.8) is 0 Å². The van der Waals surface area contributed by atoms with Crippen LogP contribution in [0.5, 0.6) is 11.5 Å². The molecule has 2 rings (SSSR count). The number of nitro benzene ring substituents is 1. The fourth-order valence-corrected chi connectivity index (χ4v) is 2.05. The van der Waals surface area contributed by atoms with Gasteiger partial charge in [-0.3, -0.25) is 10.1 Å². The minimum absolute atomic E-state index is 0.00741. The zero-order chi connectivity index (χ0) is 15.6. The molecule has 0 saturated heterocycles. The molecular weight excluding hydrogens is 275 g/mol. The summed E-state index contributed by atoms with van der Waals surface area (Å²) in [5.74, 6) is -0.700. The number of hydrogen-bond donors (Lipinski definition) is 1. The first kappa shape index (κ1) is 14.9. The van der Waals surface area contributed by atoms with Crippen LogP contribution >= 0.6 is 0 Å². The van der Waals surface area contributed by atoms with Gasteiger partial charge >= 0.3 is 5.69 Å². The van der Waals surface area contributed by atoms with E-state index in [0.29, 0.717) is 11.1 Å². The summed E-state index contributed by atoms with van der Waals surface area (Å²) in [6, 6.07) is 8.56. The third-order valence-corrected chi connectivity index (χ3v) is 3.08. The lowest BCUT2D eigenvalue weighted by Gasteiger charge is -2.14. The molecule has 2 aromatic carbocycles. The van der Waals surface area contributed by atoms with E-state index >= 15 is 0 Å². The highest BCUT2D eigenvalue weighted by Gasteiger charge is 2.22. The first-order valence-corrected chi connectivity index (χ1v) is 6.37. The van der Waals surface area contributed by atoms with Gasteiger partial charge in [0.25, 0.3) is 0 Å². The lowest BCUT2D eigenvalue weighted by Crippen LogP contribution is -2.08. The van der Waals surface area contributed by atoms with Crippen molar-refractivity contribution in [1.82, 2.24) is 0 Å². The van der Waals surface area contributed by atoms with E-state index in [1.165, 1.54) is 18.2 Å². The summed E-state index contributed by atoms with van der Waals surface area (Å²) in [5.41, 5.74) is 6.49. The fraction of sp³-hybridized carbons (Fsp3) is 0.200. The van der Waals surface area contributed by atoms with Crippen molar-refractivity contribution in [2.24, 2.45) is 5.73 Å². The van der Waals surface area contributed by atoms with Crippen LogP contribution in [-0.4, -0.2) is 4.92 Å². The number of para-hydroxylation sites is 2. The fourth-order valence-electron chi connectivity index (χ4n) is 2.05. The van der Waals surface area contributed by atoms with E-state index in [1.807, 2.05) is 0 Å². The molecule has 21 heavy (non-hydrogen) atoms. The van der Waals surface area contributed by atoms with E-state index < -0.39 is 16.8 Å². The first-order valence-electron chi connectivity index (χ1n) is 6.37. The van der Waals surface area contributed by atoms with Gasteiger partial charge in [-0.2, -0.15) is 0 Å². The monoisotopic (exact) mass is 290 g/mol. The van der Waals surface area contributed by atoms with E-state index in [-0.39, 0.29) is 17.2 Å². The van der Waals surface area contributed by atoms with Crippen molar-refractivity contribution in [1.29, 1.82) is 0 Å². The average Bonchev–Trinajstić information content (AvgIpc) is 2.40. The molecule has 0 aliphatic heterocycles. The number of nitro groups is 1. The van der Waals surface area contributed by atoms with Crippen LogP contribution in [0.2, 0.25) is 0 Å². The SMILES string of the molecule is Cc1cccc(Oc2c(F)cccc2[C@@H](C)N)c1[N+](=O)[O-]. The molecule has 0 heterocycles. The quantitative estimate of drug-likeness (QED) is 0.685. The summed E-state index contributed by atoms with van der Waals surface area (Å²) in [7, 11) is 0. The summed E-state index contributed by atoms with van der Waals surface area (Å²) in [6.07, 6.45) is 0. The van der Waals surface area contributed by atoms with Gasteiger partial charge in [0.15, 0.2) is 11.6 Å². The minimum Gasteiger partial charge on any atom is -0.447 e. The number of nitrogens with zero attached hydrogens (tertiary/aromatic N) is 1. The predicted octanol–water partition coefficient (Wildman–Crippen LogP) is 3.85. The normalized spacial score (nSPS) is 12.0. The summed E-state index contributed by atoms with van der Waals surface area (Å²) in [6.45, 7) is 3.28. The number of hydrogen-bond acceptors (Lipinski definition) is 4. The zero-order valence-electron chi connectivity index (χ0n) is 11.7. The Hall–Kier alpha value is -2.47. The van der Waals surface area contributed by atoms with E-state index in [4.69, 9.17) is 10.5 Å². The zero-order valence-corrected chi connectivity index (χ0v) is 11.7. The molecular formula is C15H15FN2O3. The van der Waals surface area contributed by atoms with E-state index in [2.05, 4.69) is 0 Å². The van der Waals surface area contributed by atoms with Crippen LogP contribution in [-0.2, 0) is 0 Å². The summed E-state index contributed by atoms with van der Waals surface area (Å²) < 4.78 is 19.5. The van der Waals surface area contributed by atoms with E-state index in [1.54, 1.807) is 32.0 Å². The molecule has 0 unspecified atom stereocenters. The number of nitrogens with two attached hydrogens (primary N) is 1. The van der Waals surface area contributed by atoms with Crippen LogP contribution in [0, 0.1) is 22.9 Å². The molecule has 5 nitrogen and oxygen atoms in total. The van der Waals surface area contributed by atoms with Gasteiger partial charge in [0, 0.05) is 17.2 Å². The Morgan fingerprint density at radius 2 is 1.95 bits per heavy atom. The van der Waals surface area contributed by atoms with Gasteiger partial charge in [-0.1, -0.05) is 24.3 Å². The van der Waals surface area contributed by atoms with Crippen LogP contribution < -0.4 is 10.5 Å². The minimum atomic E-state index is -0.611. The highest BCUT2D eigenvalue weighted by Crippen LogP contribution is 2.37. The maximum absolute atomic E-state index is 14.0. The highest BCUT2D eigenvalue weighted by molar-refractivity contribution is 5.54. The van der Waals surface area contributed by atoms with Gasteiger partial charge in [0.2, 0.25) is 5.75 Å². The summed E-state index contributed by atoms with van der Waals surface area (Å²) in [4.78, 5) is 10.6. The Bertz CT molecular complexity index is 687. The Kier molecular flexibility index (Phi) is 4.18. The van der Waals surface area contributed by atoms with Gasteiger partial charge in [0.1, 0.15) is 0 Å². The van der Waals surface area contributed by atoms with Crippen LogP contribution in [0.4, 0.5) is 10.1 Å². The predicted molar refractivity (Wildman–Crippen MR) is 76.9 cm³/mol. The molecule has 0 amide bonds. The molecule has 0 aliphatic carbocycles. The van der Waals surface area contributed by atoms with Crippen molar-refractivity contribution in [3.05, 3.63) is 63.5 Å². The topological polar surface area (TPSA) is 78.4 Å². The van der Waals surface area contributed by atoms with Crippen molar-refractivity contribution in [2.45, 2.75) is 19.9 Å². The molecule has 2 N–H and O–H groups in total. The second kappa shape index (κ2) is 5.88. The van der Waals surface area contributed by atoms with Crippen molar-refractivity contribution in [2.75, 3.05) is 0 Å². The van der Waals surface area contributed by atoms with Gasteiger partial charge in [-0.05, 0) is 26.0 Å². The third-order valence-electron chi connectivity index (χ3n) is 3.08. The second-order valence-corrected chi connectivity index (χ2v) is 4.73. The number of rotatable bonds is 4. The second-order valence-electron chi connectivity index (χ2n) is 4.73. The first-order chi connectivity index (χ1) is 9.91. The maximum Gasteiger partial charge on any atom is 0.314 e. The molecule has 0 spiro atoms. The molecule has 0 radical (unpaired) electrons. The van der Waals surface area contributed by atoms with Crippen LogP contribution in [0.25, 0.3) is 0 Å². The Labute approximate surface area is 121 Å². The number of aryl methyl sites for hydroxylation is 1. The van der Waals surface area contributed by atoms with Crippen LogP contribution in [0.3, 0.4) is 0 Å². The average molecular weight is 290 g/mol. The van der Waals surface area contributed by atoms with Gasteiger partial charge in [-0.15, -0.1) is 0 Å². The highest BCUT2D eigenvalue weighted by atomic mass is 19.1. The Balaban J connectivity index is 2.54. The van der Waals surface area contributed by atoms with Crippen molar-refractivity contribution >= 4 is 5.69 Å². The smallest absolute Gasteiger partial charge is 0.314 e. The number of halogens is 1. The molecule has 0 aromatic heterocycles. The molecule has 1 atom stereocenters. The van der Waals surface area contributed by atoms with Crippen LogP contribution in [0.15, 0.2) is 36.4 Å². The standard InChI is InChI=1S/C15H15FN2O3/c1-9-5-3-8-13(14(9)18(19)20)21-15-11(10(2)17)6-4-7-12(15)16/h3-8,10H,17H2,1-2H3/t10-/m1/s1. The summed E-state index contributed by atoms with van der Waals surface area (Å²) >= 11 is 0. The Morgan fingerprint density at radius 1 is 1.29 bits per heavy atom. The third kappa shape index (κ3) is 3.00. The molecule has 110 valence electrons. The molecule has 6 heteroatoms. The number of ether oxygens (including phenoxy) is 1. The van der Waals surface area contributed by atoms with E-state index in [9.17, 15) is 14.5 Å². The van der Waals surface area contributed by atoms with E-state index in [0.717, 1.165) is 0 Å². The molecule has 0 fully saturated rings. The molecule has 0 aliphatic rings. The van der Waals surface area contributed by atoms with Crippen LogP contribution in [0.1, 0.15) is 24.1 Å². The molecule has 2 aromatic rings. The van der Waals surface area contributed by atoms with Gasteiger partial charge in [0.05, 0.1) is 4.92 Å². The van der Waals surface area contributed by atoms with Crippen molar-refractivity contribution < 1.29 is 14.1 Å². The largest absolute Gasteiger partial charge is 0.447 e. The lowest BCUT2D eigenvalue weighted by molar-refractivity contribution is -0.386. The summed E-state index contributed by atoms with van der Waals surface area (Å²) in [5, 5.41) is 11.1.